The lowest BCUT2D eigenvalue weighted by molar-refractivity contribution is -0.112. The van der Waals surface area contributed by atoms with Gasteiger partial charge in [0, 0.05) is 17.1 Å². The van der Waals surface area contributed by atoms with Crippen LogP contribution in [0.3, 0.4) is 0 Å². The van der Waals surface area contributed by atoms with Crippen LogP contribution in [0.25, 0.3) is 6.08 Å². The Morgan fingerprint density at radius 3 is 2.73 bits per heavy atom. The van der Waals surface area contributed by atoms with Crippen LogP contribution in [0.2, 0.25) is 0 Å². The van der Waals surface area contributed by atoms with Crippen molar-refractivity contribution in [3.8, 4) is 17.6 Å². The van der Waals surface area contributed by atoms with Crippen molar-refractivity contribution in [1.29, 1.82) is 5.26 Å². The quantitative estimate of drug-likeness (QED) is 0.670. The Balaban J connectivity index is 2.19. The van der Waals surface area contributed by atoms with Gasteiger partial charge in [-0.05, 0) is 29.7 Å². The van der Waals surface area contributed by atoms with Crippen molar-refractivity contribution >= 4 is 29.2 Å². The molecule has 0 saturated carbocycles. The monoisotopic (exact) mass is 316 g/mol. The Labute approximate surface area is 131 Å². The second-order valence-corrected chi connectivity index (χ2v) is 4.63. The number of methoxy groups -OCH3 is 2. The number of carbonyl (C=O) groups excluding carboxylic acids is 1. The van der Waals surface area contributed by atoms with Gasteiger partial charge >= 0.3 is 0 Å². The first kappa shape index (κ1) is 15.5. The molecule has 0 aliphatic rings. The Morgan fingerprint density at radius 1 is 1.36 bits per heavy atom. The fourth-order valence-corrected chi connectivity index (χ4v) is 2.06. The smallest absolute Gasteiger partial charge is 0.266 e. The number of benzene rings is 1. The SMILES string of the molecule is COc1ccc(NC(=O)/C(C#N)=C/c2csnn2)cc1OC. The first-order valence-corrected chi connectivity index (χ1v) is 6.93. The largest absolute Gasteiger partial charge is 0.493 e. The van der Waals surface area contributed by atoms with Crippen molar-refractivity contribution in [2.45, 2.75) is 0 Å². The van der Waals surface area contributed by atoms with Gasteiger partial charge < -0.3 is 14.8 Å². The van der Waals surface area contributed by atoms with Gasteiger partial charge in [-0.2, -0.15) is 5.26 Å². The molecule has 1 N–H and O–H groups in total. The second kappa shape index (κ2) is 7.19. The molecule has 0 saturated heterocycles. The van der Waals surface area contributed by atoms with E-state index in [-0.39, 0.29) is 5.57 Å². The lowest BCUT2D eigenvalue weighted by atomic mass is 10.2. The van der Waals surface area contributed by atoms with Crippen LogP contribution in [0.1, 0.15) is 5.69 Å². The van der Waals surface area contributed by atoms with Gasteiger partial charge in [0.05, 0.1) is 19.9 Å². The Bertz CT molecular complexity index is 735. The van der Waals surface area contributed by atoms with Gasteiger partial charge in [-0.25, -0.2) is 0 Å². The molecule has 2 aromatic rings. The Hall–Kier alpha value is -2.92. The van der Waals surface area contributed by atoms with Crippen molar-refractivity contribution in [3.05, 3.63) is 34.8 Å². The lowest BCUT2D eigenvalue weighted by Gasteiger charge is -2.10. The van der Waals surface area contributed by atoms with Crippen LogP contribution in [0.4, 0.5) is 5.69 Å². The molecule has 0 aliphatic carbocycles. The molecule has 0 unspecified atom stereocenters. The summed E-state index contributed by atoms with van der Waals surface area (Å²) in [6, 6.07) is 6.76. The van der Waals surface area contributed by atoms with E-state index in [0.717, 1.165) is 11.5 Å². The van der Waals surface area contributed by atoms with Crippen LogP contribution < -0.4 is 14.8 Å². The maximum absolute atomic E-state index is 12.1. The predicted molar refractivity (Wildman–Crippen MR) is 81.7 cm³/mol. The minimum atomic E-state index is -0.539. The normalized spacial score (nSPS) is 10.7. The zero-order chi connectivity index (χ0) is 15.9. The van der Waals surface area contributed by atoms with Crippen molar-refractivity contribution in [3.63, 3.8) is 0 Å². The summed E-state index contributed by atoms with van der Waals surface area (Å²) < 4.78 is 13.9. The number of aromatic nitrogens is 2. The van der Waals surface area contributed by atoms with E-state index in [0.29, 0.717) is 22.9 Å². The minimum absolute atomic E-state index is 0.0671. The molecule has 0 aliphatic heterocycles. The molecule has 0 fully saturated rings. The molecule has 1 aromatic heterocycles. The molecule has 1 heterocycles. The fourth-order valence-electron chi connectivity index (χ4n) is 1.64. The maximum Gasteiger partial charge on any atom is 0.266 e. The number of ether oxygens (including phenoxy) is 2. The molecule has 1 amide bonds. The van der Waals surface area contributed by atoms with Crippen LogP contribution in [-0.4, -0.2) is 29.7 Å². The highest BCUT2D eigenvalue weighted by atomic mass is 32.1. The molecule has 0 radical (unpaired) electrons. The third-order valence-electron chi connectivity index (χ3n) is 2.68. The van der Waals surface area contributed by atoms with Gasteiger partial charge in [0.2, 0.25) is 0 Å². The zero-order valence-corrected chi connectivity index (χ0v) is 12.7. The summed E-state index contributed by atoms with van der Waals surface area (Å²) in [4.78, 5) is 12.1. The molecular formula is C14H12N4O3S. The number of anilines is 1. The molecule has 7 nitrogen and oxygen atoms in total. The third-order valence-corrected chi connectivity index (χ3v) is 3.20. The van der Waals surface area contributed by atoms with Crippen molar-refractivity contribution in [2.75, 3.05) is 19.5 Å². The van der Waals surface area contributed by atoms with E-state index in [4.69, 9.17) is 14.7 Å². The average Bonchev–Trinajstić information content (AvgIpc) is 3.05. The van der Waals surface area contributed by atoms with Crippen molar-refractivity contribution in [2.24, 2.45) is 0 Å². The van der Waals surface area contributed by atoms with Crippen LogP contribution >= 0.6 is 11.5 Å². The molecule has 1 aromatic carbocycles. The maximum atomic E-state index is 12.1. The van der Waals surface area contributed by atoms with E-state index in [1.54, 1.807) is 23.6 Å². The Morgan fingerprint density at radius 2 is 2.14 bits per heavy atom. The molecule has 22 heavy (non-hydrogen) atoms. The van der Waals surface area contributed by atoms with E-state index in [1.807, 2.05) is 6.07 Å². The fraction of sp³-hybridized carbons (Fsp3) is 0.143. The summed E-state index contributed by atoms with van der Waals surface area (Å²) in [6.07, 6.45) is 1.37. The summed E-state index contributed by atoms with van der Waals surface area (Å²) in [5, 5.41) is 17.1. The van der Waals surface area contributed by atoms with E-state index in [1.165, 1.54) is 20.3 Å². The molecule has 0 bridgehead atoms. The first-order valence-electron chi connectivity index (χ1n) is 6.10. The highest BCUT2D eigenvalue weighted by Crippen LogP contribution is 2.29. The molecule has 0 spiro atoms. The summed E-state index contributed by atoms with van der Waals surface area (Å²) in [6.45, 7) is 0. The number of amides is 1. The standard InChI is InChI=1S/C14H12N4O3S/c1-20-12-4-3-10(6-13(12)21-2)16-14(19)9(7-15)5-11-8-22-18-17-11/h3-6,8H,1-2H3,(H,16,19)/b9-5+. The number of nitrogens with zero attached hydrogens (tertiary/aromatic N) is 3. The molecular weight excluding hydrogens is 304 g/mol. The number of carbonyl (C=O) groups is 1. The van der Waals surface area contributed by atoms with Gasteiger partial charge in [0.1, 0.15) is 11.6 Å². The summed E-state index contributed by atoms with van der Waals surface area (Å²) in [7, 11) is 3.02. The third kappa shape index (κ3) is 3.59. The molecule has 8 heteroatoms. The first-order chi connectivity index (χ1) is 10.7. The van der Waals surface area contributed by atoms with E-state index in [2.05, 4.69) is 14.9 Å². The van der Waals surface area contributed by atoms with Crippen LogP contribution in [-0.2, 0) is 4.79 Å². The highest BCUT2D eigenvalue weighted by Gasteiger charge is 2.12. The van der Waals surface area contributed by atoms with Gasteiger partial charge in [-0.3, -0.25) is 4.79 Å². The van der Waals surface area contributed by atoms with Crippen LogP contribution in [0.15, 0.2) is 29.2 Å². The Kier molecular flexibility index (Phi) is 5.06. The minimum Gasteiger partial charge on any atom is -0.493 e. The number of nitrogens with one attached hydrogen (secondary N) is 1. The molecule has 0 atom stereocenters. The average molecular weight is 316 g/mol. The van der Waals surface area contributed by atoms with Crippen LogP contribution in [0.5, 0.6) is 11.5 Å². The number of nitriles is 1. The van der Waals surface area contributed by atoms with Gasteiger partial charge in [-0.15, -0.1) is 5.10 Å². The summed E-state index contributed by atoms with van der Waals surface area (Å²) in [5.74, 6) is 0.485. The van der Waals surface area contributed by atoms with E-state index < -0.39 is 5.91 Å². The van der Waals surface area contributed by atoms with Gasteiger partial charge in [-0.1, -0.05) is 4.49 Å². The van der Waals surface area contributed by atoms with Crippen molar-refractivity contribution in [1.82, 2.24) is 9.59 Å². The predicted octanol–water partition coefficient (Wildman–Crippen LogP) is 2.10. The highest BCUT2D eigenvalue weighted by molar-refractivity contribution is 7.03. The topological polar surface area (TPSA) is 97.1 Å². The van der Waals surface area contributed by atoms with E-state index in [9.17, 15) is 4.79 Å². The zero-order valence-electron chi connectivity index (χ0n) is 11.9. The van der Waals surface area contributed by atoms with Gasteiger partial charge in [0.15, 0.2) is 11.5 Å². The second-order valence-electron chi connectivity index (χ2n) is 4.02. The number of hydrogen-bond acceptors (Lipinski definition) is 7. The number of hydrogen-bond donors (Lipinski definition) is 1. The van der Waals surface area contributed by atoms with E-state index >= 15 is 0 Å². The lowest BCUT2D eigenvalue weighted by Crippen LogP contribution is -2.13. The van der Waals surface area contributed by atoms with Gasteiger partial charge in [0.25, 0.3) is 5.91 Å². The number of rotatable bonds is 5. The molecule has 2 rings (SSSR count). The van der Waals surface area contributed by atoms with Crippen LogP contribution in [0, 0.1) is 11.3 Å². The molecule has 112 valence electrons. The summed E-state index contributed by atoms with van der Waals surface area (Å²) in [5.41, 5.74) is 0.881. The summed E-state index contributed by atoms with van der Waals surface area (Å²) >= 11 is 1.14. The van der Waals surface area contributed by atoms with Crippen molar-refractivity contribution < 1.29 is 14.3 Å².